The molecule has 0 heterocycles. The van der Waals surface area contributed by atoms with E-state index in [4.69, 9.17) is 15.5 Å². The minimum atomic E-state index is -1.20. The van der Waals surface area contributed by atoms with E-state index in [1.54, 1.807) is 36.4 Å². The Hall–Kier alpha value is -3.65. The van der Waals surface area contributed by atoms with Crippen molar-refractivity contribution in [2.45, 2.75) is 0 Å². The van der Waals surface area contributed by atoms with Gasteiger partial charge in [0, 0.05) is 6.08 Å². The normalized spacial score (nSPS) is 10.4. The van der Waals surface area contributed by atoms with Crippen LogP contribution in [0.25, 0.3) is 12.2 Å². The molecule has 0 aliphatic rings. The second-order valence-corrected chi connectivity index (χ2v) is 4.47. The number of hydrogen-bond donors (Lipinski definition) is 2. The Kier molecular flexibility index (Phi) is 7.77. The molecule has 0 aliphatic heterocycles. The Bertz CT molecular complexity index is 772. The lowest BCUT2D eigenvalue weighted by molar-refractivity contribution is -0.132. The topological polar surface area (TPSA) is 98.4 Å². The molecular formula is C19H15NO4. The van der Waals surface area contributed by atoms with Gasteiger partial charge in [-0.05, 0) is 23.3 Å². The monoisotopic (exact) mass is 321 g/mol. The number of hydrogen-bond acceptors (Lipinski definition) is 3. The molecule has 2 N–H and O–H groups in total. The van der Waals surface area contributed by atoms with E-state index in [2.05, 4.69) is 0 Å². The lowest BCUT2D eigenvalue weighted by atomic mass is 10.1. The molecule has 0 atom stereocenters. The standard InChI is InChI=1S/C10H7NO2.C9H8O2/c11-7-9(10(12)13)6-8-4-2-1-3-5-8;10-9(11)7-6-8-4-2-1-3-5-8/h1-6H,(H,12,13);1-7H,(H,10,11). The minimum absolute atomic E-state index is 0.258. The summed E-state index contributed by atoms with van der Waals surface area (Å²) in [5.74, 6) is -2.12. The molecule has 0 radical (unpaired) electrons. The van der Waals surface area contributed by atoms with Gasteiger partial charge >= 0.3 is 11.9 Å². The van der Waals surface area contributed by atoms with Gasteiger partial charge in [0.15, 0.2) is 0 Å². The Morgan fingerprint density at radius 1 is 0.875 bits per heavy atom. The van der Waals surface area contributed by atoms with E-state index in [-0.39, 0.29) is 5.57 Å². The summed E-state index contributed by atoms with van der Waals surface area (Å²) >= 11 is 0. The molecule has 2 rings (SSSR count). The van der Waals surface area contributed by atoms with Crippen LogP contribution < -0.4 is 0 Å². The average Bonchev–Trinajstić information content (AvgIpc) is 2.60. The second-order valence-electron chi connectivity index (χ2n) is 4.47. The number of nitriles is 1. The van der Waals surface area contributed by atoms with Gasteiger partial charge in [-0.1, -0.05) is 60.7 Å². The van der Waals surface area contributed by atoms with Crippen LogP contribution in [-0.2, 0) is 9.59 Å². The van der Waals surface area contributed by atoms with Crippen molar-refractivity contribution in [2.75, 3.05) is 0 Å². The van der Waals surface area contributed by atoms with Gasteiger partial charge in [0.1, 0.15) is 11.6 Å². The molecule has 24 heavy (non-hydrogen) atoms. The molecule has 5 heteroatoms. The molecule has 5 nitrogen and oxygen atoms in total. The SMILES string of the molecule is N#CC(=Cc1ccccc1)C(=O)O.O=C(O)C=Cc1ccccc1. The van der Waals surface area contributed by atoms with Crippen molar-refractivity contribution in [1.82, 2.24) is 0 Å². The van der Waals surface area contributed by atoms with Crippen LogP contribution in [0.5, 0.6) is 0 Å². The van der Waals surface area contributed by atoms with Crippen LogP contribution in [0.15, 0.2) is 72.3 Å². The second kappa shape index (κ2) is 10.1. The summed E-state index contributed by atoms with van der Waals surface area (Å²) in [6.07, 6.45) is 4.01. The smallest absolute Gasteiger partial charge is 0.346 e. The van der Waals surface area contributed by atoms with Gasteiger partial charge in [-0.15, -0.1) is 0 Å². The van der Waals surface area contributed by atoms with Crippen LogP contribution in [0.2, 0.25) is 0 Å². The first kappa shape index (κ1) is 18.4. The average molecular weight is 321 g/mol. The van der Waals surface area contributed by atoms with E-state index in [0.717, 1.165) is 11.6 Å². The van der Waals surface area contributed by atoms with Crippen molar-refractivity contribution in [3.8, 4) is 6.07 Å². The van der Waals surface area contributed by atoms with E-state index >= 15 is 0 Å². The first-order valence-corrected chi connectivity index (χ1v) is 6.89. The maximum absolute atomic E-state index is 10.4. The van der Waals surface area contributed by atoms with Gasteiger partial charge in [0.2, 0.25) is 0 Å². The van der Waals surface area contributed by atoms with Gasteiger partial charge in [-0.3, -0.25) is 0 Å². The zero-order chi connectivity index (χ0) is 17.8. The van der Waals surface area contributed by atoms with Gasteiger partial charge in [-0.2, -0.15) is 5.26 Å². The molecule has 120 valence electrons. The number of benzene rings is 2. The van der Waals surface area contributed by atoms with Crippen molar-refractivity contribution in [1.29, 1.82) is 5.26 Å². The summed E-state index contributed by atoms with van der Waals surface area (Å²) in [4.78, 5) is 20.5. The Balaban J connectivity index is 0.000000243. The molecular weight excluding hydrogens is 306 g/mol. The third-order valence-electron chi connectivity index (χ3n) is 2.68. The van der Waals surface area contributed by atoms with Crippen LogP contribution >= 0.6 is 0 Å². The summed E-state index contributed by atoms with van der Waals surface area (Å²) in [5.41, 5.74) is 1.35. The molecule has 0 saturated carbocycles. The highest BCUT2D eigenvalue weighted by atomic mass is 16.4. The maximum Gasteiger partial charge on any atom is 0.346 e. The number of carbonyl (C=O) groups is 2. The first-order valence-electron chi connectivity index (χ1n) is 6.89. The summed E-state index contributed by atoms with van der Waals surface area (Å²) in [5, 5.41) is 25.3. The van der Waals surface area contributed by atoms with Crippen molar-refractivity contribution in [2.24, 2.45) is 0 Å². The molecule has 0 amide bonds. The summed E-state index contributed by atoms with van der Waals surface area (Å²) < 4.78 is 0. The van der Waals surface area contributed by atoms with Crippen molar-refractivity contribution in [3.63, 3.8) is 0 Å². The van der Waals surface area contributed by atoms with Gasteiger partial charge in [-0.25, -0.2) is 9.59 Å². The molecule has 2 aromatic rings. The van der Waals surface area contributed by atoms with Crippen molar-refractivity contribution in [3.05, 3.63) is 83.4 Å². The number of aliphatic carboxylic acids is 2. The fraction of sp³-hybridized carbons (Fsp3) is 0. The van der Waals surface area contributed by atoms with E-state index in [1.807, 2.05) is 36.4 Å². The van der Waals surface area contributed by atoms with Crippen LogP contribution in [-0.4, -0.2) is 22.2 Å². The molecule has 0 fully saturated rings. The molecule has 0 saturated heterocycles. The summed E-state index contributed by atoms with van der Waals surface area (Å²) in [6.45, 7) is 0. The van der Waals surface area contributed by atoms with E-state index < -0.39 is 11.9 Å². The van der Waals surface area contributed by atoms with Crippen molar-refractivity contribution < 1.29 is 19.8 Å². The molecule has 0 bridgehead atoms. The predicted octanol–water partition coefficient (Wildman–Crippen LogP) is 3.46. The third kappa shape index (κ3) is 7.38. The zero-order valence-corrected chi connectivity index (χ0v) is 12.7. The van der Waals surface area contributed by atoms with Crippen LogP contribution in [0, 0.1) is 11.3 Å². The van der Waals surface area contributed by atoms with Crippen molar-refractivity contribution >= 4 is 24.1 Å². The van der Waals surface area contributed by atoms with Gasteiger partial charge in [0.05, 0.1) is 0 Å². The number of nitrogens with zero attached hydrogens (tertiary/aromatic N) is 1. The minimum Gasteiger partial charge on any atom is -0.478 e. The number of rotatable bonds is 4. The highest BCUT2D eigenvalue weighted by Gasteiger charge is 2.04. The van der Waals surface area contributed by atoms with E-state index in [1.165, 1.54) is 6.08 Å². The Morgan fingerprint density at radius 2 is 1.38 bits per heavy atom. The summed E-state index contributed by atoms with van der Waals surface area (Å²) in [6, 6.07) is 19.8. The molecule has 0 aliphatic carbocycles. The fourth-order valence-electron chi connectivity index (χ4n) is 1.59. The lowest BCUT2D eigenvalue weighted by Crippen LogP contribution is -1.97. The van der Waals surface area contributed by atoms with Crippen LogP contribution in [0.4, 0.5) is 0 Å². The van der Waals surface area contributed by atoms with Gasteiger partial charge in [0.25, 0.3) is 0 Å². The first-order chi connectivity index (χ1) is 11.5. The predicted molar refractivity (Wildman–Crippen MR) is 90.8 cm³/mol. The molecule has 0 unspecified atom stereocenters. The maximum atomic E-state index is 10.4. The van der Waals surface area contributed by atoms with Gasteiger partial charge < -0.3 is 10.2 Å². The summed E-state index contributed by atoms with van der Waals surface area (Å²) in [7, 11) is 0. The van der Waals surface area contributed by atoms with E-state index in [0.29, 0.717) is 5.56 Å². The van der Waals surface area contributed by atoms with E-state index in [9.17, 15) is 9.59 Å². The van der Waals surface area contributed by atoms with Crippen LogP contribution in [0.3, 0.4) is 0 Å². The van der Waals surface area contributed by atoms with Crippen LogP contribution in [0.1, 0.15) is 11.1 Å². The fourth-order valence-corrected chi connectivity index (χ4v) is 1.59. The number of carboxylic acids is 2. The number of carboxylic acid groups (broad SMARTS) is 2. The zero-order valence-electron chi connectivity index (χ0n) is 12.7. The molecule has 2 aromatic carbocycles. The third-order valence-corrected chi connectivity index (χ3v) is 2.68. The molecule has 0 spiro atoms. The Morgan fingerprint density at radius 3 is 1.79 bits per heavy atom. The molecule has 0 aromatic heterocycles. The largest absolute Gasteiger partial charge is 0.478 e. The Labute approximate surface area is 139 Å². The quantitative estimate of drug-likeness (QED) is 0.663. The highest BCUT2D eigenvalue weighted by Crippen LogP contribution is 2.05. The highest BCUT2D eigenvalue weighted by molar-refractivity contribution is 5.96. The lowest BCUT2D eigenvalue weighted by Gasteiger charge is -1.91.